The quantitative estimate of drug-likeness (QED) is 0.293. The highest BCUT2D eigenvalue weighted by molar-refractivity contribution is 5.44. The van der Waals surface area contributed by atoms with Crippen LogP contribution in [-0.2, 0) is 23.4 Å². The highest BCUT2D eigenvalue weighted by Crippen LogP contribution is 2.38. The van der Waals surface area contributed by atoms with Crippen molar-refractivity contribution >= 4 is 0 Å². The predicted octanol–water partition coefficient (Wildman–Crippen LogP) is 5.48. The first kappa shape index (κ1) is 27.2. The summed E-state index contributed by atoms with van der Waals surface area (Å²) in [5.41, 5.74) is 1.07. The van der Waals surface area contributed by atoms with Crippen LogP contribution in [0.25, 0.3) is 0 Å². The predicted molar refractivity (Wildman–Crippen MR) is 146 cm³/mol. The van der Waals surface area contributed by atoms with E-state index in [0.717, 1.165) is 45.9 Å². The molecular weight excluding hydrogens is 498 g/mol. The van der Waals surface area contributed by atoms with Gasteiger partial charge in [-0.15, -0.1) is 0 Å². The molecule has 0 atom stereocenters. The molecule has 1 N–H and O–H groups in total. The summed E-state index contributed by atoms with van der Waals surface area (Å²) < 4.78 is 40.2. The number of hydrogen-bond donors (Lipinski definition) is 1. The number of aryl methyl sites for hydroxylation is 1. The molecule has 5 rings (SSSR count). The van der Waals surface area contributed by atoms with Crippen LogP contribution in [0.5, 0.6) is 0 Å². The molecule has 5 nitrogen and oxygen atoms in total. The molecule has 1 aromatic heterocycles. The van der Waals surface area contributed by atoms with Gasteiger partial charge < -0.3 is 14.3 Å². The first-order valence-corrected chi connectivity index (χ1v) is 13.3. The van der Waals surface area contributed by atoms with E-state index in [1.165, 1.54) is 47.5 Å². The third-order valence-corrected chi connectivity index (χ3v) is 7.25. The summed E-state index contributed by atoms with van der Waals surface area (Å²) >= 11 is 0. The molecule has 204 valence electrons. The van der Waals surface area contributed by atoms with Crippen molar-refractivity contribution in [1.29, 1.82) is 0 Å². The lowest BCUT2D eigenvalue weighted by Crippen LogP contribution is -2.41. The average molecular weight is 533 g/mol. The fourth-order valence-electron chi connectivity index (χ4n) is 5.03. The normalized spacial score (nSPS) is 14.7. The number of furan rings is 1. The molecule has 1 saturated heterocycles. The number of ether oxygens (including phenoxy) is 1. The maximum absolute atomic E-state index is 14.2. The van der Waals surface area contributed by atoms with E-state index >= 15 is 0 Å². The van der Waals surface area contributed by atoms with Crippen LogP contribution in [0.1, 0.15) is 33.8 Å². The number of nitrogens with zero attached hydrogens (tertiary/aromatic N) is 2. The van der Waals surface area contributed by atoms with E-state index < -0.39 is 17.2 Å². The smallest absolute Gasteiger partial charge is 0.173 e. The highest BCUT2D eigenvalue weighted by Gasteiger charge is 2.38. The van der Waals surface area contributed by atoms with Crippen LogP contribution in [0.15, 0.2) is 89.3 Å². The molecule has 2 heterocycles. The standard InChI is InChI=1S/C32H34F2N2O3/c1-24-8-10-25(11-9-24)22-36(15-14-35-16-18-38-19-17-35)23-30-12-13-31(39-30)32(37,26-4-2-6-28(33)20-26)27-5-3-7-29(34)21-27/h2-13,20-21,37H,14-19,22-23H2,1H3. The maximum Gasteiger partial charge on any atom is 0.173 e. The van der Waals surface area contributed by atoms with Crippen molar-refractivity contribution in [2.75, 3.05) is 39.4 Å². The summed E-state index contributed by atoms with van der Waals surface area (Å²) in [6.07, 6.45) is 0. The fraction of sp³-hybridized carbons (Fsp3) is 0.312. The number of morpholine rings is 1. The monoisotopic (exact) mass is 532 g/mol. The lowest BCUT2D eigenvalue weighted by atomic mass is 9.84. The minimum absolute atomic E-state index is 0.206. The van der Waals surface area contributed by atoms with Crippen molar-refractivity contribution in [3.05, 3.63) is 130 Å². The molecular formula is C32H34F2N2O3. The summed E-state index contributed by atoms with van der Waals surface area (Å²) in [5, 5.41) is 12.0. The van der Waals surface area contributed by atoms with E-state index in [2.05, 4.69) is 41.0 Å². The second-order valence-corrected chi connectivity index (χ2v) is 10.1. The lowest BCUT2D eigenvalue weighted by Gasteiger charge is -2.30. The molecule has 1 aliphatic heterocycles. The molecule has 0 radical (unpaired) electrons. The van der Waals surface area contributed by atoms with E-state index in [1.807, 2.05) is 6.07 Å². The van der Waals surface area contributed by atoms with Crippen LogP contribution in [0, 0.1) is 18.6 Å². The van der Waals surface area contributed by atoms with Gasteiger partial charge in [0.05, 0.1) is 19.8 Å². The summed E-state index contributed by atoms with van der Waals surface area (Å²) in [6, 6.07) is 23.4. The van der Waals surface area contributed by atoms with Gasteiger partial charge in [-0.3, -0.25) is 9.80 Å². The van der Waals surface area contributed by atoms with Gasteiger partial charge >= 0.3 is 0 Å². The van der Waals surface area contributed by atoms with Crippen molar-refractivity contribution in [2.24, 2.45) is 0 Å². The maximum atomic E-state index is 14.2. The Balaban J connectivity index is 1.42. The zero-order chi connectivity index (χ0) is 27.2. The summed E-state index contributed by atoms with van der Waals surface area (Å²) in [5.74, 6) is -0.134. The van der Waals surface area contributed by atoms with Gasteiger partial charge in [-0.2, -0.15) is 0 Å². The van der Waals surface area contributed by atoms with Crippen LogP contribution >= 0.6 is 0 Å². The second-order valence-electron chi connectivity index (χ2n) is 10.1. The number of hydrogen-bond acceptors (Lipinski definition) is 5. The zero-order valence-electron chi connectivity index (χ0n) is 22.2. The van der Waals surface area contributed by atoms with Gasteiger partial charge in [-0.05, 0) is 60.0 Å². The Hall–Kier alpha value is -3.36. The molecule has 4 aromatic rings. The Morgan fingerprint density at radius 3 is 2.10 bits per heavy atom. The topological polar surface area (TPSA) is 49.1 Å². The van der Waals surface area contributed by atoms with Gasteiger partial charge in [0.25, 0.3) is 0 Å². The van der Waals surface area contributed by atoms with Crippen LogP contribution in [-0.4, -0.2) is 54.3 Å². The zero-order valence-corrected chi connectivity index (χ0v) is 22.2. The Labute approximate surface area is 228 Å². The first-order chi connectivity index (χ1) is 18.9. The fourth-order valence-corrected chi connectivity index (χ4v) is 5.03. The van der Waals surface area contributed by atoms with Crippen LogP contribution < -0.4 is 0 Å². The Kier molecular flexibility index (Phi) is 8.53. The minimum atomic E-state index is -1.86. The van der Waals surface area contributed by atoms with Gasteiger partial charge in [-0.1, -0.05) is 54.1 Å². The van der Waals surface area contributed by atoms with Crippen LogP contribution in [0.4, 0.5) is 8.78 Å². The van der Waals surface area contributed by atoms with Gasteiger partial charge in [-0.25, -0.2) is 8.78 Å². The lowest BCUT2D eigenvalue weighted by molar-refractivity contribution is 0.0319. The molecule has 7 heteroatoms. The van der Waals surface area contributed by atoms with Crippen molar-refractivity contribution in [2.45, 2.75) is 25.6 Å². The van der Waals surface area contributed by atoms with E-state index in [-0.39, 0.29) is 16.9 Å². The Bertz CT molecular complexity index is 1320. The van der Waals surface area contributed by atoms with Gasteiger partial charge in [0.15, 0.2) is 5.60 Å². The van der Waals surface area contributed by atoms with Gasteiger partial charge in [0.1, 0.15) is 23.2 Å². The highest BCUT2D eigenvalue weighted by atomic mass is 19.1. The molecule has 39 heavy (non-hydrogen) atoms. The van der Waals surface area contributed by atoms with E-state index in [1.54, 1.807) is 18.2 Å². The third-order valence-electron chi connectivity index (χ3n) is 7.25. The largest absolute Gasteiger partial charge is 0.461 e. The van der Waals surface area contributed by atoms with Gasteiger partial charge in [0.2, 0.25) is 0 Å². The molecule has 0 amide bonds. The van der Waals surface area contributed by atoms with Crippen LogP contribution in [0.2, 0.25) is 0 Å². The summed E-state index contributed by atoms with van der Waals surface area (Å²) in [7, 11) is 0. The molecule has 0 unspecified atom stereocenters. The number of aliphatic hydroxyl groups is 1. The molecule has 3 aromatic carbocycles. The second kappa shape index (κ2) is 12.2. The molecule has 1 fully saturated rings. The van der Waals surface area contributed by atoms with E-state index in [4.69, 9.17) is 9.15 Å². The van der Waals surface area contributed by atoms with Crippen molar-refractivity contribution in [3.63, 3.8) is 0 Å². The SMILES string of the molecule is Cc1ccc(CN(CCN2CCOCC2)Cc2ccc(C(O)(c3cccc(F)c3)c3cccc(F)c3)o2)cc1. The molecule has 1 aliphatic rings. The summed E-state index contributed by atoms with van der Waals surface area (Å²) in [4.78, 5) is 4.71. The van der Waals surface area contributed by atoms with Crippen molar-refractivity contribution < 1.29 is 23.0 Å². The molecule has 0 bridgehead atoms. The molecule has 0 saturated carbocycles. The molecule has 0 aliphatic carbocycles. The number of benzene rings is 3. The number of halogens is 2. The Morgan fingerprint density at radius 1 is 0.846 bits per heavy atom. The minimum Gasteiger partial charge on any atom is -0.461 e. The van der Waals surface area contributed by atoms with E-state index in [0.29, 0.717) is 12.3 Å². The molecule has 0 spiro atoms. The van der Waals surface area contributed by atoms with Gasteiger partial charge in [0, 0.05) is 32.7 Å². The average Bonchev–Trinajstić information content (AvgIpc) is 3.42. The van der Waals surface area contributed by atoms with E-state index in [9.17, 15) is 13.9 Å². The Morgan fingerprint density at radius 2 is 1.49 bits per heavy atom. The van der Waals surface area contributed by atoms with Crippen LogP contribution in [0.3, 0.4) is 0 Å². The van der Waals surface area contributed by atoms with Crippen molar-refractivity contribution in [3.8, 4) is 0 Å². The number of rotatable bonds is 10. The first-order valence-electron chi connectivity index (χ1n) is 13.3. The van der Waals surface area contributed by atoms with Crippen molar-refractivity contribution in [1.82, 2.24) is 9.80 Å². The third kappa shape index (κ3) is 6.62. The summed E-state index contributed by atoms with van der Waals surface area (Å²) in [6.45, 7) is 8.37.